The largest absolute Gasteiger partial charge is 0.364 e. The maximum absolute atomic E-state index is 13.8. The first-order valence-corrected chi connectivity index (χ1v) is 7.70. The van der Waals surface area contributed by atoms with Gasteiger partial charge in [-0.2, -0.15) is 5.26 Å². The molecule has 22 heavy (non-hydrogen) atoms. The van der Waals surface area contributed by atoms with Crippen LogP contribution in [0.1, 0.15) is 23.5 Å². The van der Waals surface area contributed by atoms with Crippen molar-refractivity contribution in [1.29, 1.82) is 5.26 Å². The van der Waals surface area contributed by atoms with E-state index in [1.165, 1.54) is 6.07 Å². The van der Waals surface area contributed by atoms with E-state index in [0.29, 0.717) is 5.69 Å². The number of rotatable bonds is 3. The van der Waals surface area contributed by atoms with Crippen molar-refractivity contribution in [3.05, 3.63) is 58.9 Å². The predicted molar refractivity (Wildman–Crippen MR) is 87.6 cm³/mol. The molecule has 0 aliphatic heterocycles. The predicted octanol–water partition coefficient (Wildman–Crippen LogP) is 4.50. The molecule has 0 aliphatic rings. The molecule has 3 rings (SSSR count). The lowest BCUT2D eigenvalue weighted by Gasteiger charge is -2.26. The molecule has 5 heteroatoms. The van der Waals surface area contributed by atoms with E-state index in [4.69, 9.17) is 0 Å². The van der Waals surface area contributed by atoms with Crippen molar-refractivity contribution < 1.29 is 4.39 Å². The number of hydrogen-bond acceptors (Lipinski definition) is 4. The molecule has 2 aromatic carbocycles. The molecule has 0 radical (unpaired) electrons. The molecule has 0 fully saturated rings. The lowest BCUT2D eigenvalue weighted by atomic mass is 10.1. The van der Waals surface area contributed by atoms with Crippen molar-refractivity contribution in [2.45, 2.75) is 13.0 Å². The highest BCUT2D eigenvalue weighted by molar-refractivity contribution is 7.18. The number of nitriles is 1. The van der Waals surface area contributed by atoms with E-state index in [0.717, 1.165) is 15.2 Å². The average Bonchev–Trinajstić information content (AvgIpc) is 2.97. The Kier molecular flexibility index (Phi) is 3.78. The molecule has 1 heterocycles. The molecule has 0 unspecified atom stereocenters. The van der Waals surface area contributed by atoms with Gasteiger partial charge in [0, 0.05) is 7.05 Å². The van der Waals surface area contributed by atoms with Crippen molar-refractivity contribution in [1.82, 2.24) is 4.98 Å². The van der Waals surface area contributed by atoms with Crippen LogP contribution >= 0.6 is 11.3 Å². The number of fused-ring (bicyclic) bond motifs is 1. The summed E-state index contributed by atoms with van der Waals surface area (Å²) in [5.41, 5.74) is 1.61. The molecule has 3 nitrogen and oxygen atoms in total. The SMILES string of the molecule is C[C@@H](c1nc2ccccc2s1)N(C)c1cccc(F)c1C#N. The van der Waals surface area contributed by atoms with Gasteiger partial charge in [0.2, 0.25) is 0 Å². The summed E-state index contributed by atoms with van der Waals surface area (Å²) in [7, 11) is 1.85. The maximum atomic E-state index is 13.8. The van der Waals surface area contributed by atoms with Crippen LogP contribution in [0.25, 0.3) is 10.2 Å². The molecule has 0 aliphatic carbocycles. The Labute approximate surface area is 132 Å². The summed E-state index contributed by atoms with van der Waals surface area (Å²) in [6.45, 7) is 2.00. The van der Waals surface area contributed by atoms with Crippen LogP contribution in [0.4, 0.5) is 10.1 Å². The first kappa shape index (κ1) is 14.5. The Hall–Kier alpha value is -2.45. The van der Waals surface area contributed by atoms with Crippen molar-refractivity contribution >= 4 is 27.2 Å². The first-order valence-electron chi connectivity index (χ1n) is 6.88. The second-order valence-electron chi connectivity index (χ2n) is 5.05. The Morgan fingerprint density at radius 3 is 2.73 bits per heavy atom. The average molecular weight is 311 g/mol. The normalized spacial score (nSPS) is 12.1. The highest BCUT2D eigenvalue weighted by atomic mass is 32.1. The van der Waals surface area contributed by atoms with Gasteiger partial charge in [-0.1, -0.05) is 18.2 Å². The summed E-state index contributed by atoms with van der Waals surface area (Å²) in [5.74, 6) is -0.497. The third-order valence-corrected chi connectivity index (χ3v) is 4.94. The minimum absolute atomic E-state index is 0.0497. The van der Waals surface area contributed by atoms with E-state index >= 15 is 0 Å². The van der Waals surface area contributed by atoms with Gasteiger partial charge in [0.15, 0.2) is 0 Å². The summed E-state index contributed by atoms with van der Waals surface area (Å²) in [4.78, 5) is 6.53. The highest BCUT2D eigenvalue weighted by Gasteiger charge is 2.20. The molecule has 0 bridgehead atoms. The fraction of sp³-hybridized carbons (Fsp3) is 0.176. The summed E-state index contributed by atoms with van der Waals surface area (Å²) in [6, 6.07) is 14.5. The van der Waals surface area contributed by atoms with Crippen LogP contribution < -0.4 is 4.90 Å². The number of anilines is 1. The minimum atomic E-state index is -0.497. The van der Waals surface area contributed by atoms with Crippen molar-refractivity contribution in [2.75, 3.05) is 11.9 Å². The van der Waals surface area contributed by atoms with Crippen molar-refractivity contribution in [2.24, 2.45) is 0 Å². The number of halogens is 1. The van der Waals surface area contributed by atoms with Gasteiger partial charge in [0.1, 0.15) is 22.5 Å². The number of benzene rings is 2. The standard InChI is InChI=1S/C17H14FN3S/c1-11(17-20-14-7-3-4-9-16(14)22-17)21(2)15-8-5-6-13(18)12(15)10-19/h3-9,11H,1-2H3/t11-/m0/s1. The molecule has 0 amide bonds. The van der Waals surface area contributed by atoms with E-state index in [1.54, 1.807) is 23.5 Å². The Morgan fingerprint density at radius 1 is 1.23 bits per heavy atom. The lowest BCUT2D eigenvalue weighted by Crippen LogP contribution is -2.22. The molecule has 0 saturated heterocycles. The molecule has 0 N–H and O–H groups in total. The van der Waals surface area contributed by atoms with Gasteiger partial charge in [-0.3, -0.25) is 0 Å². The number of hydrogen-bond donors (Lipinski definition) is 0. The molecule has 110 valence electrons. The van der Waals surface area contributed by atoms with Gasteiger partial charge in [-0.05, 0) is 31.2 Å². The number of aromatic nitrogens is 1. The molecular weight excluding hydrogens is 297 g/mol. The molecular formula is C17H14FN3S. The number of nitrogens with zero attached hydrogens (tertiary/aromatic N) is 3. The first-order chi connectivity index (χ1) is 10.6. The van der Waals surface area contributed by atoms with Gasteiger partial charge in [-0.25, -0.2) is 9.37 Å². The lowest BCUT2D eigenvalue weighted by molar-refractivity contribution is 0.621. The van der Waals surface area contributed by atoms with Gasteiger partial charge >= 0.3 is 0 Å². The van der Waals surface area contributed by atoms with Gasteiger partial charge in [-0.15, -0.1) is 11.3 Å². The zero-order valence-electron chi connectivity index (χ0n) is 12.2. The quantitative estimate of drug-likeness (QED) is 0.715. The molecule has 1 atom stereocenters. The summed E-state index contributed by atoms with van der Waals surface area (Å²) >= 11 is 1.62. The van der Waals surface area contributed by atoms with Crippen molar-refractivity contribution in [3.8, 4) is 6.07 Å². The zero-order valence-corrected chi connectivity index (χ0v) is 13.1. The van der Waals surface area contributed by atoms with Gasteiger partial charge in [0.05, 0.1) is 21.9 Å². The van der Waals surface area contributed by atoms with Crippen LogP contribution in [0.2, 0.25) is 0 Å². The summed E-state index contributed by atoms with van der Waals surface area (Å²) < 4.78 is 14.9. The summed E-state index contributed by atoms with van der Waals surface area (Å²) in [6.07, 6.45) is 0. The van der Waals surface area contributed by atoms with E-state index in [9.17, 15) is 9.65 Å². The molecule has 3 aromatic rings. The fourth-order valence-electron chi connectivity index (χ4n) is 2.36. The topological polar surface area (TPSA) is 39.9 Å². The van der Waals surface area contributed by atoms with Crippen LogP contribution in [-0.4, -0.2) is 12.0 Å². The monoisotopic (exact) mass is 311 g/mol. The number of thiazole rings is 1. The third kappa shape index (κ3) is 2.42. The van der Waals surface area contributed by atoms with Crippen LogP contribution in [0.3, 0.4) is 0 Å². The minimum Gasteiger partial charge on any atom is -0.364 e. The second-order valence-corrected chi connectivity index (χ2v) is 6.11. The van der Waals surface area contributed by atoms with Crippen LogP contribution in [0.15, 0.2) is 42.5 Å². The number of para-hydroxylation sites is 1. The summed E-state index contributed by atoms with van der Waals surface area (Å²) in [5, 5.41) is 10.1. The van der Waals surface area contributed by atoms with E-state index in [2.05, 4.69) is 4.98 Å². The maximum Gasteiger partial charge on any atom is 0.143 e. The van der Waals surface area contributed by atoms with Gasteiger partial charge in [0.25, 0.3) is 0 Å². The third-order valence-electron chi connectivity index (χ3n) is 3.73. The van der Waals surface area contributed by atoms with E-state index in [-0.39, 0.29) is 11.6 Å². The Bertz CT molecular complexity index is 833. The van der Waals surface area contributed by atoms with E-state index in [1.807, 2.05) is 49.2 Å². The molecule has 0 saturated carbocycles. The van der Waals surface area contributed by atoms with Crippen LogP contribution in [0.5, 0.6) is 0 Å². The smallest absolute Gasteiger partial charge is 0.143 e. The highest BCUT2D eigenvalue weighted by Crippen LogP contribution is 2.33. The van der Waals surface area contributed by atoms with E-state index < -0.39 is 5.82 Å². The molecule has 1 aromatic heterocycles. The fourth-order valence-corrected chi connectivity index (χ4v) is 3.42. The zero-order chi connectivity index (χ0) is 15.7. The Balaban J connectivity index is 2.00. The van der Waals surface area contributed by atoms with Crippen LogP contribution in [0, 0.1) is 17.1 Å². The van der Waals surface area contributed by atoms with Gasteiger partial charge < -0.3 is 4.90 Å². The van der Waals surface area contributed by atoms with Crippen molar-refractivity contribution in [3.63, 3.8) is 0 Å². The van der Waals surface area contributed by atoms with Crippen LogP contribution in [-0.2, 0) is 0 Å². The Morgan fingerprint density at radius 2 is 2.00 bits per heavy atom. The second kappa shape index (κ2) is 5.74. The molecule has 0 spiro atoms.